The summed E-state index contributed by atoms with van der Waals surface area (Å²) in [5, 5.41) is 3.45. The Bertz CT molecular complexity index is 392. The molecule has 0 amide bonds. The van der Waals surface area contributed by atoms with Crippen LogP contribution in [0.4, 0.5) is 0 Å². The fourth-order valence-corrected chi connectivity index (χ4v) is 3.22. The first-order chi connectivity index (χ1) is 8.69. The van der Waals surface area contributed by atoms with Crippen molar-refractivity contribution in [3.63, 3.8) is 0 Å². The molecule has 0 saturated heterocycles. The van der Waals surface area contributed by atoms with Gasteiger partial charge in [0.15, 0.2) is 0 Å². The average molecular weight is 248 g/mol. The van der Waals surface area contributed by atoms with Crippen LogP contribution in [0, 0.1) is 5.92 Å². The maximum atomic E-state index is 5.70. The van der Waals surface area contributed by atoms with Crippen molar-refractivity contribution < 1.29 is 4.74 Å². The first kappa shape index (κ1) is 13.5. The van der Waals surface area contributed by atoms with E-state index < -0.39 is 0 Å². The van der Waals surface area contributed by atoms with Crippen LogP contribution in [0.25, 0.3) is 0 Å². The van der Waals surface area contributed by atoms with Crippen molar-refractivity contribution in [2.75, 3.05) is 14.2 Å². The van der Waals surface area contributed by atoms with Gasteiger partial charge in [-0.25, -0.2) is 0 Å². The highest BCUT2D eigenvalue weighted by Crippen LogP contribution is 2.36. The summed E-state index contributed by atoms with van der Waals surface area (Å²) >= 11 is 0. The van der Waals surface area contributed by atoms with E-state index in [0.717, 1.165) is 6.42 Å². The highest BCUT2D eigenvalue weighted by atomic mass is 16.5. The molecule has 3 heteroatoms. The average Bonchev–Trinajstić information content (AvgIpc) is 2.79. The number of hydrogen-bond acceptors (Lipinski definition) is 3. The highest BCUT2D eigenvalue weighted by Gasteiger charge is 2.36. The molecule has 0 aromatic carbocycles. The van der Waals surface area contributed by atoms with E-state index >= 15 is 0 Å². The summed E-state index contributed by atoms with van der Waals surface area (Å²) in [6, 6.07) is 4.57. The summed E-state index contributed by atoms with van der Waals surface area (Å²) in [6.45, 7) is 4.43. The van der Waals surface area contributed by atoms with Gasteiger partial charge in [-0.05, 0) is 37.4 Å². The Kier molecular flexibility index (Phi) is 4.36. The minimum Gasteiger partial charge on any atom is -0.380 e. The first-order valence-electron chi connectivity index (χ1n) is 6.82. The number of ether oxygens (including phenoxy) is 1. The lowest BCUT2D eigenvalue weighted by Gasteiger charge is -2.33. The van der Waals surface area contributed by atoms with Crippen molar-refractivity contribution >= 4 is 0 Å². The van der Waals surface area contributed by atoms with Gasteiger partial charge in [-0.15, -0.1) is 0 Å². The van der Waals surface area contributed by atoms with Gasteiger partial charge in [0.2, 0.25) is 0 Å². The predicted octanol–water partition coefficient (Wildman–Crippen LogP) is 2.37. The van der Waals surface area contributed by atoms with E-state index in [1.165, 1.54) is 17.7 Å². The summed E-state index contributed by atoms with van der Waals surface area (Å²) in [6.07, 6.45) is 4.44. The molecule has 0 bridgehead atoms. The Hall–Kier alpha value is -0.930. The molecule has 0 spiro atoms. The summed E-state index contributed by atoms with van der Waals surface area (Å²) in [5.74, 6) is 0.971. The Morgan fingerprint density at radius 1 is 1.44 bits per heavy atom. The molecule has 1 aliphatic rings. The molecule has 1 aromatic heterocycles. The second-order valence-corrected chi connectivity index (χ2v) is 5.45. The zero-order valence-electron chi connectivity index (χ0n) is 11.8. The van der Waals surface area contributed by atoms with Gasteiger partial charge in [0.05, 0.1) is 6.10 Å². The van der Waals surface area contributed by atoms with Gasteiger partial charge in [0.1, 0.15) is 0 Å². The number of nitrogens with zero attached hydrogens (tertiary/aromatic N) is 1. The summed E-state index contributed by atoms with van der Waals surface area (Å²) < 4.78 is 5.70. The molecule has 0 radical (unpaired) electrons. The summed E-state index contributed by atoms with van der Waals surface area (Å²) in [5.41, 5.74) is 2.67. The molecule has 1 N–H and O–H groups in total. The topological polar surface area (TPSA) is 34.2 Å². The van der Waals surface area contributed by atoms with Gasteiger partial charge in [-0.1, -0.05) is 19.9 Å². The van der Waals surface area contributed by atoms with Crippen LogP contribution in [0.3, 0.4) is 0 Å². The van der Waals surface area contributed by atoms with Crippen LogP contribution in [0.15, 0.2) is 18.3 Å². The molecule has 100 valence electrons. The third-order valence-corrected chi connectivity index (χ3v) is 4.05. The normalized spacial score (nSPS) is 21.9. The molecular weight excluding hydrogens is 224 g/mol. The maximum Gasteiger partial charge on any atom is 0.0753 e. The Morgan fingerprint density at radius 3 is 2.83 bits per heavy atom. The molecule has 3 nitrogen and oxygen atoms in total. The number of fused-ring (bicyclic) bond motifs is 1. The van der Waals surface area contributed by atoms with Crippen LogP contribution in [0.2, 0.25) is 0 Å². The van der Waals surface area contributed by atoms with E-state index in [2.05, 4.69) is 30.2 Å². The molecular formula is C15H24N2O. The van der Waals surface area contributed by atoms with Crippen molar-refractivity contribution in [3.8, 4) is 0 Å². The summed E-state index contributed by atoms with van der Waals surface area (Å²) in [4.78, 5) is 4.59. The van der Waals surface area contributed by atoms with E-state index in [9.17, 15) is 0 Å². The van der Waals surface area contributed by atoms with E-state index in [1.807, 2.05) is 26.4 Å². The third-order valence-electron chi connectivity index (χ3n) is 4.05. The van der Waals surface area contributed by atoms with Gasteiger partial charge in [-0.2, -0.15) is 0 Å². The zero-order chi connectivity index (χ0) is 13.1. The van der Waals surface area contributed by atoms with Gasteiger partial charge in [0.25, 0.3) is 0 Å². The van der Waals surface area contributed by atoms with Gasteiger partial charge >= 0.3 is 0 Å². The fourth-order valence-electron chi connectivity index (χ4n) is 3.22. The number of rotatable bonds is 5. The van der Waals surface area contributed by atoms with Crippen LogP contribution >= 0.6 is 0 Å². The Balaban J connectivity index is 2.25. The SMILES string of the molecule is CNC(C1CCc2cccnc21)C(OC)C(C)C. The highest BCUT2D eigenvalue weighted by molar-refractivity contribution is 5.30. The predicted molar refractivity (Wildman–Crippen MR) is 73.8 cm³/mol. The smallest absolute Gasteiger partial charge is 0.0753 e. The second kappa shape index (κ2) is 5.81. The minimum absolute atomic E-state index is 0.230. The zero-order valence-corrected chi connectivity index (χ0v) is 11.8. The molecule has 0 fully saturated rings. The largest absolute Gasteiger partial charge is 0.380 e. The monoisotopic (exact) mass is 248 g/mol. The minimum atomic E-state index is 0.230. The number of pyridine rings is 1. The van der Waals surface area contributed by atoms with E-state index in [1.54, 1.807) is 0 Å². The molecule has 1 aromatic rings. The number of aromatic nitrogens is 1. The third kappa shape index (κ3) is 2.43. The van der Waals surface area contributed by atoms with Gasteiger partial charge in [0, 0.05) is 31.0 Å². The quantitative estimate of drug-likeness (QED) is 0.868. The standard InChI is InChI=1S/C15H24N2O/c1-10(2)15(18-4)14(16-3)12-8-7-11-6-5-9-17-13(11)12/h5-6,9-10,12,14-16H,7-8H2,1-4H3. The number of nitrogens with one attached hydrogen (secondary N) is 1. The van der Waals surface area contributed by atoms with Crippen LogP contribution in [0.1, 0.15) is 37.4 Å². The molecule has 0 aliphatic heterocycles. The van der Waals surface area contributed by atoms with Gasteiger partial charge in [-0.3, -0.25) is 4.98 Å². The number of likely N-dealkylation sites (N-methyl/N-ethyl adjacent to an activating group) is 1. The van der Waals surface area contributed by atoms with Crippen molar-refractivity contribution in [1.29, 1.82) is 0 Å². The van der Waals surface area contributed by atoms with E-state index in [4.69, 9.17) is 4.74 Å². The lowest BCUT2D eigenvalue weighted by atomic mass is 9.87. The van der Waals surface area contributed by atoms with Gasteiger partial charge < -0.3 is 10.1 Å². The Labute approximate surface area is 110 Å². The molecule has 2 rings (SSSR count). The van der Waals surface area contributed by atoms with Crippen LogP contribution < -0.4 is 5.32 Å². The fraction of sp³-hybridized carbons (Fsp3) is 0.667. The molecule has 0 saturated carbocycles. The van der Waals surface area contributed by atoms with Crippen molar-refractivity contribution in [2.24, 2.45) is 5.92 Å². The lowest BCUT2D eigenvalue weighted by molar-refractivity contribution is 0.0268. The summed E-state index contributed by atoms with van der Waals surface area (Å²) in [7, 11) is 3.84. The van der Waals surface area contributed by atoms with Crippen LogP contribution in [0.5, 0.6) is 0 Å². The first-order valence-corrected chi connectivity index (χ1v) is 6.82. The number of methoxy groups -OCH3 is 1. The number of hydrogen-bond donors (Lipinski definition) is 1. The maximum absolute atomic E-state index is 5.70. The Morgan fingerprint density at radius 2 is 2.22 bits per heavy atom. The molecule has 18 heavy (non-hydrogen) atoms. The number of aryl methyl sites for hydroxylation is 1. The molecule has 1 aliphatic carbocycles. The van der Waals surface area contributed by atoms with Crippen LogP contribution in [-0.2, 0) is 11.2 Å². The lowest BCUT2D eigenvalue weighted by Crippen LogP contribution is -2.45. The molecule has 3 unspecified atom stereocenters. The molecule has 1 heterocycles. The van der Waals surface area contributed by atoms with Crippen molar-refractivity contribution in [3.05, 3.63) is 29.6 Å². The van der Waals surface area contributed by atoms with E-state index in [0.29, 0.717) is 17.9 Å². The van der Waals surface area contributed by atoms with Crippen molar-refractivity contribution in [1.82, 2.24) is 10.3 Å². The second-order valence-electron chi connectivity index (χ2n) is 5.45. The molecule has 3 atom stereocenters. The van der Waals surface area contributed by atoms with Crippen molar-refractivity contribution in [2.45, 2.75) is 44.8 Å². The van der Waals surface area contributed by atoms with E-state index in [-0.39, 0.29) is 6.10 Å². The van der Waals surface area contributed by atoms with Crippen LogP contribution in [-0.4, -0.2) is 31.3 Å².